The van der Waals surface area contributed by atoms with Gasteiger partial charge < -0.3 is 16.4 Å². The third kappa shape index (κ3) is 3.29. The van der Waals surface area contributed by atoms with E-state index in [0.717, 1.165) is 31.4 Å². The lowest BCUT2D eigenvalue weighted by Gasteiger charge is -2.27. The van der Waals surface area contributed by atoms with Crippen molar-refractivity contribution in [3.05, 3.63) is 29.8 Å². The summed E-state index contributed by atoms with van der Waals surface area (Å²) in [4.78, 5) is 23.4. The molecule has 0 radical (unpaired) electrons. The van der Waals surface area contributed by atoms with E-state index in [1.807, 2.05) is 18.2 Å². The molecule has 0 unspecified atom stereocenters. The molecule has 1 saturated carbocycles. The van der Waals surface area contributed by atoms with Crippen LogP contribution in [0.25, 0.3) is 0 Å². The molecule has 4 N–H and O–H groups in total. The number of nitrogens with one attached hydrogen (secondary N) is 2. The van der Waals surface area contributed by atoms with Crippen molar-refractivity contribution in [1.82, 2.24) is 5.32 Å². The van der Waals surface area contributed by atoms with Crippen LogP contribution in [0.3, 0.4) is 0 Å². The number of para-hydroxylation sites is 1. The molecule has 0 heterocycles. The molecule has 1 aromatic rings. The summed E-state index contributed by atoms with van der Waals surface area (Å²) in [6.07, 6.45) is 3.13. The van der Waals surface area contributed by atoms with Gasteiger partial charge in [-0.05, 0) is 37.8 Å². The summed E-state index contributed by atoms with van der Waals surface area (Å²) in [5.41, 5.74) is 6.77. The van der Waals surface area contributed by atoms with Gasteiger partial charge in [-0.25, -0.2) is 0 Å². The van der Waals surface area contributed by atoms with Crippen molar-refractivity contribution in [2.75, 3.05) is 12.4 Å². The highest BCUT2D eigenvalue weighted by molar-refractivity contribution is 5.99. The number of primary amides is 1. The van der Waals surface area contributed by atoms with Gasteiger partial charge in [0.1, 0.15) is 0 Å². The average Bonchev–Trinajstić information content (AvgIpc) is 2.47. The summed E-state index contributed by atoms with van der Waals surface area (Å²) in [7, 11) is 1.80. The molecule has 0 aromatic heterocycles. The minimum atomic E-state index is -0.227. The van der Waals surface area contributed by atoms with Crippen molar-refractivity contribution in [3.63, 3.8) is 0 Å². The Morgan fingerprint density at radius 2 is 1.80 bits per heavy atom. The van der Waals surface area contributed by atoms with Gasteiger partial charge in [0.2, 0.25) is 5.91 Å². The standard InChI is InChI=1S/C15H21N3O2/c1-17-13-5-3-2-4-12(13)15(20)18-11-8-6-10(7-9-11)14(16)19/h2-5,10-11,17H,6-9H2,1H3,(H2,16,19)(H,18,20). The zero-order chi connectivity index (χ0) is 14.5. The van der Waals surface area contributed by atoms with Crippen LogP contribution < -0.4 is 16.4 Å². The topological polar surface area (TPSA) is 84.2 Å². The minimum absolute atomic E-state index is 0.0345. The molecule has 1 aliphatic carbocycles. The first-order chi connectivity index (χ1) is 9.61. The van der Waals surface area contributed by atoms with Gasteiger partial charge in [-0.15, -0.1) is 0 Å². The fraction of sp³-hybridized carbons (Fsp3) is 0.467. The van der Waals surface area contributed by atoms with Crippen LogP contribution in [0.1, 0.15) is 36.0 Å². The molecule has 2 amide bonds. The van der Waals surface area contributed by atoms with Gasteiger partial charge >= 0.3 is 0 Å². The van der Waals surface area contributed by atoms with E-state index in [0.29, 0.717) is 5.56 Å². The van der Waals surface area contributed by atoms with E-state index in [1.54, 1.807) is 13.1 Å². The first-order valence-electron chi connectivity index (χ1n) is 6.98. The summed E-state index contributed by atoms with van der Waals surface area (Å²) in [5, 5.41) is 6.05. The van der Waals surface area contributed by atoms with Crippen molar-refractivity contribution in [3.8, 4) is 0 Å². The molecule has 5 heteroatoms. The normalized spacial score (nSPS) is 22.1. The van der Waals surface area contributed by atoms with Crippen LogP contribution in [0.5, 0.6) is 0 Å². The van der Waals surface area contributed by atoms with Crippen LogP contribution in [0.15, 0.2) is 24.3 Å². The highest BCUT2D eigenvalue weighted by Crippen LogP contribution is 2.24. The predicted molar refractivity (Wildman–Crippen MR) is 78.4 cm³/mol. The molecule has 0 atom stereocenters. The third-order valence-electron chi connectivity index (χ3n) is 3.91. The van der Waals surface area contributed by atoms with E-state index >= 15 is 0 Å². The van der Waals surface area contributed by atoms with E-state index in [2.05, 4.69) is 10.6 Å². The molecule has 20 heavy (non-hydrogen) atoms. The summed E-state index contributed by atoms with van der Waals surface area (Å²) in [6.45, 7) is 0. The molecule has 1 aliphatic rings. The molecular weight excluding hydrogens is 254 g/mol. The zero-order valence-electron chi connectivity index (χ0n) is 11.7. The minimum Gasteiger partial charge on any atom is -0.387 e. The van der Waals surface area contributed by atoms with Gasteiger partial charge in [0.25, 0.3) is 5.91 Å². The quantitative estimate of drug-likeness (QED) is 0.778. The van der Waals surface area contributed by atoms with E-state index in [9.17, 15) is 9.59 Å². The van der Waals surface area contributed by atoms with Gasteiger partial charge in [-0.1, -0.05) is 12.1 Å². The number of amides is 2. The summed E-state index contributed by atoms with van der Waals surface area (Å²) >= 11 is 0. The number of anilines is 1. The predicted octanol–water partition coefficient (Wildman–Crippen LogP) is 1.50. The number of carbonyl (C=O) groups excluding carboxylic acids is 2. The van der Waals surface area contributed by atoms with Crippen molar-refractivity contribution in [1.29, 1.82) is 0 Å². The van der Waals surface area contributed by atoms with Crippen molar-refractivity contribution < 1.29 is 9.59 Å². The number of rotatable bonds is 4. The van der Waals surface area contributed by atoms with Crippen LogP contribution in [0.4, 0.5) is 5.69 Å². The van der Waals surface area contributed by atoms with Crippen LogP contribution >= 0.6 is 0 Å². The average molecular weight is 275 g/mol. The Labute approximate surface area is 118 Å². The van der Waals surface area contributed by atoms with E-state index in [-0.39, 0.29) is 23.8 Å². The molecular formula is C15H21N3O2. The second-order valence-electron chi connectivity index (χ2n) is 5.22. The molecule has 0 aliphatic heterocycles. The number of hydrogen-bond acceptors (Lipinski definition) is 3. The first-order valence-corrected chi connectivity index (χ1v) is 6.98. The van der Waals surface area contributed by atoms with Gasteiger partial charge in [-0.3, -0.25) is 9.59 Å². The first kappa shape index (κ1) is 14.4. The zero-order valence-corrected chi connectivity index (χ0v) is 11.7. The Morgan fingerprint density at radius 1 is 1.15 bits per heavy atom. The number of benzene rings is 1. The monoisotopic (exact) mass is 275 g/mol. The Bertz CT molecular complexity index is 494. The van der Waals surface area contributed by atoms with Crippen molar-refractivity contribution >= 4 is 17.5 Å². The van der Waals surface area contributed by atoms with E-state index in [4.69, 9.17) is 5.73 Å². The second-order valence-corrected chi connectivity index (χ2v) is 5.22. The molecule has 1 fully saturated rings. The Balaban J connectivity index is 1.94. The molecule has 108 valence electrons. The van der Waals surface area contributed by atoms with Crippen LogP contribution in [0.2, 0.25) is 0 Å². The maximum Gasteiger partial charge on any atom is 0.253 e. The smallest absolute Gasteiger partial charge is 0.253 e. The maximum atomic E-state index is 12.3. The molecule has 0 bridgehead atoms. The lowest BCUT2D eigenvalue weighted by atomic mass is 9.85. The summed E-state index contributed by atoms with van der Waals surface area (Å²) in [6, 6.07) is 7.54. The van der Waals surface area contributed by atoms with E-state index in [1.165, 1.54) is 0 Å². The number of carbonyl (C=O) groups is 2. The van der Waals surface area contributed by atoms with E-state index < -0.39 is 0 Å². The van der Waals surface area contributed by atoms with Crippen molar-refractivity contribution in [2.45, 2.75) is 31.7 Å². The SMILES string of the molecule is CNc1ccccc1C(=O)NC1CCC(C(N)=O)CC1. The maximum absolute atomic E-state index is 12.3. The number of hydrogen-bond donors (Lipinski definition) is 3. The second kappa shape index (κ2) is 6.41. The molecule has 5 nitrogen and oxygen atoms in total. The fourth-order valence-electron chi connectivity index (χ4n) is 2.68. The fourth-order valence-corrected chi connectivity index (χ4v) is 2.68. The Hall–Kier alpha value is -2.04. The Kier molecular flexibility index (Phi) is 4.61. The van der Waals surface area contributed by atoms with Gasteiger partial charge in [-0.2, -0.15) is 0 Å². The van der Waals surface area contributed by atoms with Gasteiger partial charge in [0.15, 0.2) is 0 Å². The van der Waals surface area contributed by atoms with Crippen LogP contribution in [-0.4, -0.2) is 24.9 Å². The summed E-state index contributed by atoms with van der Waals surface area (Å²) < 4.78 is 0. The summed E-state index contributed by atoms with van der Waals surface area (Å²) in [5.74, 6) is -0.333. The highest BCUT2D eigenvalue weighted by atomic mass is 16.2. The van der Waals surface area contributed by atoms with Gasteiger partial charge in [0.05, 0.1) is 5.56 Å². The third-order valence-corrected chi connectivity index (χ3v) is 3.91. The largest absolute Gasteiger partial charge is 0.387 e. The lowest BCUT2D eigenvalue weighted by Crippen LogP contribution is -2.39. The van der Waals surface area contributed by atoms with Crippen molar-refractivity contribution in [2.24, 2.45) is 11.7 Å². The molecule has 1 aromatic carbocycles. The molecule has 0 saturated heterocycles. The van der Waals surface area contributed by atoms with Crippen LogP contribution in [-0.2, 0) is 4.79 Å². The lowest BCUT2D eigenvalue weighted by molar-refractivity contribution is -0.122. The Morgan fingerprint density at radius 3 is 2.40 bits per heavy atom. The van der Waals surface area contributed by atoms with Gasteiger partial charge in [0, 0.05) is 24.7 Å². The number of nitrogens with two attached hydrogens (primary N) is 1. The molecule has 2 rings (SSSR count). The highest BCUT2D eigenvalue weighted by Gasteiger charge is 2.26. The van der Waals surface area contributed by atoms with Crippen LogP contribution in [0, 0.1) is 5.92 Å². The molecule has 0 spiro atoms.